The van der Waals surface area contributed by atoms with E-state index < -0.39 is 0 Å². The maximum Gasteiger partial charge on any atom is 0.232 e. The lowest BCUT2D eigenvalue weighted by Crippen LogP contribution is -2.31. The largest absolute Gasteiger partial charge is 0.467 e. The van der Waals surface area contributed by atoms with Gasteiger partial charge in [-0.2, -0.15) is 0 Å². The van der Waals surface area contributed by atoms with E-state index in [4.69, 9.17) is 4.42 Å². The molecule has 1 amide bonds. The van der Waals surface area contributed by atoms with Crippen molar-refractivity contribution in [1.29, 1.82) is 0 Å². The number of hydrogen-bond donors (Lipinski definition) is 1. The molecule has 1 aromatic carbocycles. The summed E-state index contributed by atoms with van der Waals surface area (Å²) in [5, 5.41) is 12.4. The van der Waals surface area contributed by atoms with Gasteiger partial charge in [-0.3, -0.25) is 9.36 Å². The highest BCUT2D eigenvalue weighted by molar-refractivity contribution is 7.99. The van der Waals surface area contributed by atoms with Crippen LogP contribution in [0.4, 0.5) is 5.95 Å². The predicted octanol–water partition coefficient (Wildman–Crippen LogP) is 3.26. The van der Waals surface area contributed by atoms with Gasteiger partial charge < -0.3 is 14.6 Å². The van der Waals surface area contributed by atoms with Crippen LogP contribution >= 0.6 is 11.8 Å². The Balaban J connectivity index is 1.48. The molecular weight excluding hydrogens is 374 g/mol. The lowest BCUT2D eigenvalue weighted by Gasteiger charge is -2.27. The maximum atomic E-state index is 12.2. The molecule has 3 aromatic rings. The molecule has 2 aromatic heterocycles. The molecule has 0 bridgehead atoms. The summed E-state index contributed by atoms with van der Waals surface area (Å²) in [5.74, 6) is 1.79. The Kier molecular flexibility index (Phi) is 5.96. The summed E-state index contributed by atoms with van der Waals surface area (Å²) in [6.07, 6.45) is 5.19. The van der Waals surface area contributed by atoms with E-state index in [1.54, 1.807) is 12.3 Å². The number of nitrogens with zero attached hydrogens (tertiary/aromatic N) is 4. The van der Waals surface area contributed by atoms with Crippen molar-refractivity contribution in [2.75, 3.05) is 23.7 Å². The Morgan fingerprint density at radius 2 is 1.89 bits per heavy atom. The lowest BCUT2D eigenvalue weighted by atomic mass is 10.1. The number of thioether (sulfide) groups is 1. The number of benzene rings is 1. The average Bonchev–Trinajstić information content (AvgIpc) is 3.42. The molecule has 146 valence electrons. The molecule has 3 heterocycles. The number of amides is 1. The monoisotopic (exact) mass is 397 g/mol. The molecule has 0 unspecified atom stereocenters. The first-order valence-corrected chi connectivity index (χ1v) is 10.5. The van der Waals surface area contributed by atoms with Crippen molar-refractivity contribution in [2.45, 2.75) is 31.0 Å². The van der Waals surface area contributed by atoms with Crippen molar-refractivity contribution < 1.29 is 9.21 Å². The lowest BCUT2D eigenvalue weighted by molar-refractivity contribution is -0.118. The van der Waals surface area contributed by atoms with Gasteiger partial charge in [0.15, 0.2) is 5.16 Å². The average molecular weight is 398 g/mol. The molecule has 4 rings (SSSR count). The Hall–Kier alpha value is -2.74. The van der Waals surface area contributed by atoms with E-state index in [1.165, 1.54) is 31.0 Å². The van der Waals surface area contributed by atoms with Crippen LogP contribution in [0.2, 0.25) is 0 Å². The summed E-state index contributed by atoms with van der Waals surface area (Å²) in [7, 11) is 0. The van der Waals surface area contributed by atoms with Crippen LogP contribution in [0.3, 0.4) is 0 Å². The summed E-state index contributed by atoms with van der Waals surface area (Å²) in [5.41, 5.74) is 1.01. The van der Waals surface area contributed by atoms with E-state index in [1.807, 2.05) is 36.4 Å². The minimum Gasteiger partial charge on any atom is -0.467 e. The molecule has 0 spiro atoms. The van der Waals surface area contributed by atoms with E-state index >= 15 is 0 Å². The van der Waals surface area contributed by atoms with E-state index in [9.17, 15) is 4.79 Å². The van der Waals surface area contributed by atoms with Gasteiger partial charge >= 0.3 is 0 Å². The molecule has 28 heavy (non-hydrogen) atoms. The van der Waals surface area contributed by atoms with Crippen LogP contribution in [0.1, 0.15) is 25.0 Å². The zero-order chi connectivity index (χ0) is 19.2. The normalized spacial score (nSPS) is 14.2. The van der Waals surface area contributed by atoms with Crippen molar-refractivity contribution >= 4 is 23.6 Å². The van der Waals surface area contributed by atoms with Gasteiger partial charge in [0.25, 0.3) is 0 Å². The summed E-state index contributed by atoms with van der Waals surface area (Å²) < 4.78 is 7.29. The van der Waals surface area contributed by atoms with Gasteiger partial charge in [-0.05, 0) is 43.5 Å². The third-order valence-corrected chi connectivity index (χ3v) is 5.57. The van der Waals surface area contributed by atoms with Crippen LogP contribution < -0.4 is 10.2 Å². The van der Waals surface area contributed by atoms with Gasteiger partial charge in [0.1, 0.15) is 5.76 Å². The first-order chi connectivity index (χ1) is 13.8. The highest BCUT2D eigenvalue weighted by Crippen LogP contribution is 2.28. The molecule has 8 heteroatoms. The number of aromatic nitrogens is 3. The van der Waals surface area contributed by atoms with Crippen molar-refractivity contribution in [3.63, 3.8) is 0 Å². The second-order valence-electron chi connectivity index (χ2n) is 6.65. The Morgan fingerprint density at radius 3 is 2.64 bits per heavy atom. The summed E-state index contributed by atoms with van der Waals surface area (Å²) in [4.78, 5) is 14.5. The van der Waals surface area contributed by atoms with Gasteiger partial charge in [-0.25, -0.2) is 0 Å². The highest BCUT2D eigenvalue weighted by Gasteiger charge is 2.22. The Bertz CT molecular complexity index is 889. The standard InChI is InChI=1S/C20H23N5O2S/c26-18(21-14-17-10-7-13-27-17)15-28-20-23-22-19(24-11-5-2-6-12-24)25(20)16-8-3-1-4-9-16/h1,3-4,7-10,13H,2,5-6,11-12,14-15H2,(H,21,26). The minimum absolute atomic E-state index is 0.0662. The van der Waals surface area contributed by atoms with Gasteiger partial charge in [0.05, 0.1) is 24.2 Å². The third-order valence-electron chi connectivity index (χ3n) is 4.64. The molecule has 1 aliphatic rings. The van der Waals surface area contributed by atoms with Gasteiger partial charge in [-0.1, -0.05) is 30.0 Å². The van der Waals surface area contributed by atoms with Crippen LogP contribution in [0, 0.1) is 0 Å². The zero-order valence-corrected chi connectivity index (χ0v) is 16.4. The van der Waals surface area contributed by atoms with Gasteiger partial charge in [-0.15, -0.1) is 10.2 Å². The quantitative estimate of drug-likeness (QED) is 0.617. The minimum atomic E-state index is -0.0662. The number of carbonyl (C=O) groups is 1. The molecule has 7 nitrogen and oxygen atoms in total. The topological polar surface area (TPSA) is 76.2 Å². The van der Waals surface area contributed by atoms with Crippen LogP contribution in [0.25, 0.3) is 5.69 Å². The fourth-order valence-electron chi connectivity index (χ4n) is 3.24. The molecule has 0 saturated carbocycles. The summed E-state index contributed by atoms with van der Waals surface area (Å²) >= 11 is 1.39. The van der Waals surface area contributed by atoms with E-state index in [-0.39, 0.29) is 11.7 Å². The number of rotatable bonds is 7. The molecule has 0 radical (unpaired) electrons. The first-order valence-electron chi connectivity index (χ1n) is 9.49. The zero-order valence-electron chi connectivity index (χ0n) is 15.6. The molecule has 1 N–H and O–H groups in total. The number of furan rings is 1. The smallest absolute Gasteiger partial charge is 0.232 e. The van der Waals surface area contributed by atoms with Gasteiger partial charge in [0, 0.05) is 13.1 Å². The number of nitrogens with one attached hydrogen (secondary N) is 1. The molecule has 0 atom stereocenters. The first kappa shape index (κ1) is 18.6. The SMILES string of the molecule is O=C(CSc1nnc(N2CCCCC2)n1-c1ccccc1)NCc1ccco1. The molecule has 1 fully saturated rings. The van der Waals surface area contributed by atoms with Crippen LogP contribution in [0.15, 0.2) is 58.3 Å². The highest BCUT2D eigenvalue weighted by atomic mass is 32.2. The van der Waals surface area contributed by atoms with Crippen molar-refractivity contribution in [3.8, 4) is 5.69 Å². The molecule has 0 aliphatic carbocycles. The van der Waals surface area contributed by atoms with Crippen LogP contribution in [-0.2, 0) is 11.3 Å². The number of anilines is 1. The molecule has 1 aliphatic heterocycles. The second kappa shape index (κ2) is 8.97. The maximum absolute atomic E-state index is 12.2. The van der Waals surface area contributed by atoms with E-state index in [0.29, 0.717) is 6.54 Å². The summed E-state index contributed by atoms with van der Waals surface area (Å²) in [6.45, 7) is 2.36. The van der Waals surface area contributed by atoms with Crippen molar-refractivity contribution in [1.82, 2.24) is 20.1 Å². The Morgan fingerprint density at radius 1 is 1.07 bits per heavy atom. The molecular formula is C20H23N5O2S. The van der Waals surface area contributed by atoms with Crippen LogP contribution in [0.5, 0.6) is 0 Å². The number of carbonyl (C=O) groups excluding carboxylic acids is 1. The summed E-state index contributed by atoms with van der Waals surface area (Å²) in [6, 6.07) is 13.7. The van der Waals surface area contributed by atoms with Gasteiger partial charge in [0.2, 0.25) is 11.9 Å². The number of hydrogen-bond acceptors (Lipinski definition) is 6. The van der Waals surface area contributed by atoms with E-state index in [0.717, 1.165) is 35.6 Å². The Labute approximate surface area is 168 Å². The van der Waals surface area contributed by atoms with E-state index in [2.05, 4.69) is 25.0 Å². The number of piperidine rings is 1. The van der Waals surface area contributed by atoms with Crippen molar-refractivity contribution in [3.05, 3.63) is 54.5 Å². The predicted molar refractivity (Wildman–Crippen MR) is 109 cm³/mol. The number of para-hydroxylation sites is 1. The van der Waals surface area contributed by atoms with Crippen molar-refractivity contribution in [2.24, 2.45) is 0 Å². The second-order valence-corrected chi connectivity index (χ2v) is 7.59. The fraction of sp³-hybridized carbons (Fsp3) is 0.350. The fourth-order valence-corrected chi connectivity index (χ4v) is 4.01. The van der Waals surface area contributed by atoms with Crippen LogP contribution in [-0.4, -0.2) is 39.5 Å². The molecule has 1 saturated heterocycles. The third kappa shape index (κ3) is 4.39.